The van der Waals surface area contributed by atoms with Crippen molar-refractivity contribution >= 4 is 33.7 Å². The quantitative estimate of drug-likeness (QED) is 0.541. The Labute approximate surface area is 158 Å². The van der Waals surface area contributed by atoms with Gasteiger partial charge in [-0.25, -0.2) is 14.8 Å². The van der Waals surface area contributed by atoms with Gasteiger partial charge in [-0.3, -0.25) is 23.4 Å². The predicted octanol–water partition coefficient (Wildman–Crippen LogP) is 0.475. The Balaban J connectivity index is 1.74. The fourth-order valence-electron chi connectivity index (χ4n) is 3.17. The number of carbonyl (C=O) groups is 1. The molecule has 0 saturated heterocycles. The van der Waals surface area contributed by atoms with Crippen LogP contribution in [-0.2, 0) is 21.1 Å². The SMILES string of the molecule is Cc1nn(C)c2ncc(NC(=O)c3cnc4c(c3)c(=O)n(C)c(=O)n4C)cc12. The highest BCUT2D eigenvalue weighted by atomic mass is 16.2. The standard InChI is InChI=1S/C18H17N7O3/c1-9-12-6-11(8-20-15(12)25(4)22-9)21-16(26)10-5-13-14(19-7-10)23(2)18(28)24(3)17(13)27/h5-8H,1-4H3,(H,21,26). The van der Waals surface area contributed by atoms with E-state index in [4.69, 9.17) is 0 Å². The van der Waals surface area contributed by atoms with Gasteiger partial charge in [0.15, 0.2) is 5.65 Å². The van der Waals surface area contributed by atoms with Crippen LogP contribution in [0.3, 0.4) is 0 Å². The topological polar surface area (TPSA) is 117 Å². The van der Waals surface area contributed by atoms with Crippen molar-refractivity contribution in [1.82, 2.24) is 28.9 Å². The average Bonchev–Trinajstić information content (AvgIpc) is 2.97. The highest BCUT2D eigenvalue weighted by molar-refractivity contribution is 6.06. The van der Waals surface area contributed by atoms with Crippen molar-refractivity contribution in [2.24, 2.45) is 21.1 Å². The van der Waals surface area contributed by atoms with E-state index in [9.17, 15) is 14.4 Å². The number of anilines is 1. The molecule has 0 unspecified atom stereocenters. The monoisotopic (exact) mass is 379 g/mol. The Bertz CT molecular complexity index is 1390. The summed E-state index contributed by atoms with van der Waals surface area (Å²) in [7, 11) is 4.71. The zero-order chi connectivity index (χ0) is 20.2. The van der Waals surface area contributed by atoms with E-state index in [1.54, 1.807) is 24.0 Å². The number of nitrogens with one attached hydrogen (secondary N) is 1. The van der Waals surface area contributed by atoms with Crippen LogP contribution in [0.1, 0.15) is 16.1 Å². The molecule has 4 heterocycles. The number of nitrogens with zero attached hydrogens (tertiary/aromatic N) is 6. The Morgan fingerprint density at radius 2 is 1.68 bits per heavy atom. The van der Waals surface area contributed by atoms with Crippen LogP contribution in [0, 0.1) is 6.92 Å². The lowest BCUT2D eigenvalue weighted by Crippen LogP contribution is -2.37. The van der Waals surface area contributed by atoms with Crippen molar-refractivity contribution in [3.05, 3.63) is 56.6 Å². The van der Waals surface area contributed by atoms with Gasteiger partial charge in [-0.15, -0.1) is 0 Å². The van der Waals surface area contributed by atoms with Gasteiger partial charge in [0.05, 0.1) is 28.5 Å². The molecule has 10 heteroatoms. The molecule has 10 nitrogen and oxygen atoms in total. The zero-order valence-electron chi connectivity index (χ0n) is 15.7. The lowest BCUT2D eigenvalue weighted by molar-refractivity contribution is 0.102. The first-order valence-electron chi connectivity index (χ1n) is 8.44. The van der Waals surface area contributed by atoms with Gasteiger partial charge < -0.3 is 5.32 Å². The molecule has 4 aromatic rings. The summed E-state index contributed by atoms with van der Waals surface area (Å²) in [6.07, 6.45) is 2.87. The summed E-state index contributed by atoms with van der Waals surface area (Å²) in [6, 6.07) is 3.22. The molecular weight excluding hydrogens is 362 g/mol. The van der Waals surface area contributed by atoms with Crippen LogP contribution in [0.4, 0.5) is 5.69 Å². The highest BCUT2D eigenvalue weighted by Gasteiger charge is 2.15. The van der Waals surface area contributed by atoms with Gasteiger partial charge in [-0.1, -0.05) is 0 Å². The second-order valence-electron chi connectivity index (χ2n) is 6.56. The third-order valence-electron chi connectivity index (χ3n) is 4.68. The van der Waals surface area contributed by atoms with Gasteiger partial charge in [-0.2, -0.15) is 5.10 Å². The van der Waals surface area contributed by atoms with Gasteiger partial charge >= 0.3 is 5.69 Å². The summed E-state index contributed by atoms with van der Waals surface area (Å²) in [5.74, 6) is -0.437. The average molecular weight is 379 g/mol. The summed E-state index contributed by atoms with van der Waals surface area (Å²) in [4.78, 5) is 45.5. The fraction of sp³-hybridized carbons (Fsp3) is 0.222. The van der Waals surface area contributed by atoms with Crippen LogP contribution in [0.25, 0.3) is 22.1 Å². The molecule has 0 aliphatic rings. The lowest BCUT2D eigenvalue weighted by Gasteiger charge is -2.09. The third kappa shape index (κ3) is 2.57. The Morgan fingerprint density at radius 3 is 2.43 bits per heavy atom. The first kappa shape index (κ1) is 17.6. The summed E-state index contributed by atoms with van der Waals surface area (Å²) >= 11 is 0. The number of amides is 1. The van der Waals surface area contributed by atoms with Gasteiger partial charge in [0.2, 0.25) is 0 Å². The van der Waals surface area contributed by atoms with E-state index in [0.717, 1.165) is 15.6 Å². The van der Waals surface area contributed by atoms with Crippen LogP contribution in [0.15, 0.2) is 34.1 Å². The molecule has 4 rings (SSSR count). The van der Waals surface area contributed by atoms with Gasteiger partial charge in [0.25, 0.3) is 11.5 Å². The predicted molar refractivity (Wildman–Crippen MR) is 103 cm³/mol. The van der Waals surface area contributed by atoms with Crippen molar-refractivity contribution in [3.8, 4) is 0 Å². The summed E-state index contributed by atoms with van der Waals surface area (Å²) in [5, 5.41) is 8.08. The molecule has 28 heavy (non-hydrogen) atoms. The van der Waals surface area contributed by atoms with Crippen molar-refractivity contribution in [2.75, 3.05) is 5.32 Å². The van der Waals surface area contributed by atoms with E-state index >= 15 is 0 Å². The Hall–Kier alpha value is -3.82. The number of hydrogen-bond acceptors (Lipinski definition) is 6. The second kappa shape index (κ2) is 6.12. The maximum absolute atomic E-state index is 12.7. The number of aromatic nitrogens is 6. The van der Waals surface area contributed by atoms with Crippen LogP contribution < -0.4 is 16.6 Å². The third-order valence-corrected chi connectivity index (χ3v) is 4.68. The number of hydrogen-bond donors (Lipinski definition) is 1. The molecule has 0 radical (unpaired) electrons. The molecule has 0 saturated carbocycles. The molecule has 4 aromatic heterocycles. The molecule has 0 spiro atoms. The van der Waals surface area contributed by atoms with Crippen molar-refractivity contribution < 1.29 is 4.79 Å². The summed E-state index contributed by atoms with van der Waals surface area (Å²) < 4.78 is 3.92. The molecule has 0 aliphatic heterocycles. The van der Waals surface area contributed by atoms with E-state index in [2.05, 4.69) is 20.4 Å². The Kier molecular flexibility index (Phi) is 3.84. The van der Waals surface area contributed by atoms with Gasteiger partial charge in [-0.05, 0) is 19.1 Å². The molecule has 142 valence electrons. The van der Waals surface area contributed by atoms with E-state index in [1.165, 1.54) is 30.9 Å². The largest absolute Gasteiger partial charge is 0.332 e. The van der Waals surface area contributed by atoms with Gasteiger partial charge in [0, 0.05) is 32.7 Å². The molecule has 1 N–H and O–H groups in total. The molecule has 0 aromatic carbocycles. The highest BCUT2D eigenvalue weighted by Crippen LogP contribution is 2.20. The summed E-state index contributed by atoms with van der Waals surface area (Å²) in [5.41, 5.74) is 1.46. The maximum Gasteiger partial charge on any atom is 0.332 e. The van der Waals surface area contributed by atoms with Crippen molar-refractivity contribution in [2.45, 2.75) is 6.92 Å². The lowest BCUT2D eigenvalue weighted by atomic mass is 10.2. The van der Waals surface area contributed by atoms with E-state index in [1.807, 2.05) is 6.92 Å². The maximum atomic E-state index is 12.7. The van der Waals surface area contributed by atoms with Crippen LogP contribution >= 0.6 is 0 Å². The molecule has 0 bridgehead atoms. The van der Waals surface area contributed by atoms with Gasteiger partial charge in [0.1, 0.15) is 5.65 Å². The molecule has 0 fully saturated rings. The number of rotatable bonds is 2. The van der Waals surface area contributed by atoms with E-state index < -0.39 is 17.2 Å². The number of carbonyl (C=O) groups excluding carboxylic acids is 1. The Morgan fingerprint density at radius 1 is 0.964 bits per heavy atom. The minimum Gasteiger partial charge on any atom is -0.321 e. The van der Waals surface area contributed by atoms with E-state index in [0.29, 0.717) is 11.3 Å². The van der Waals surface area contributed by atoms with E-state index in [-0.39, 0.29) is 16.6 Å². The van der Waals surface area contributed by atoms with Crippen molar-refractivity contribution in [3.63, 3.8) is 0 Å². The summed E-state index contributed by atoms with van der Waals surface area (Å²) in [6.45, 7) is 1.86. The van der Waals surface area contributed by atoms with Crippen LogP contribution in [0.5, 0.6) is 0 Å². The normalized spacial score (nSPS) is 11.3. The minimum absolute atomic E-state index is 0.189. The molecule has 0 atom stereocenters. The zero-order valence-corrected chi connectivity index (χ0v) is 15.7. The first-order valence-corrected chi connectivity index (χ1v) is 8.44. The van der Waals surface area contributed by atoms with Crippen LogP contribution in [-0.4, -0.2) is 34.8 Å². The second-order valence-corrected chi connectivity index (χ2v) is 6.56. The van der Waals surface area contributed by atoms with Crippen LogP contribution in [0.2, 0.25) is 0 Å². The molecule has 1 amide bonds. The smallest absolute Gasteiger partial charge is 0.321 e. The first-order chi connectivity index (χ1) is 13.3. The fourth-order valence-corrected chi connectivity index (χ4v) is 3.17. The minimum atomic E-state index is -0.505. The molecular formula is C18H17N7O3. The number of pyridine rings is 2. The van der Waals surface area contributed by atoms with Crippen molar-refractivity contribution in [1.29, 1.82) is 0 Å². The number of aryl methyl sites for hydroxylation is 3. The molecule has 0 aliphatic carbocycles. The number of fused-ring (bicyclic) bond motifs is 2.